The maximum absolute atomic E-state index is 12.8. The molecule has 0 heterocycles. The van der Waals surface area contributed by atoms with E-state index in [2.05, 4.69) is 20.8 Å². The average Bonchev–Trinajstić information content (AvgIpc) is 3.52. The van der Waals surface area contributed by atoms with E-state index in [4.69, 9.17) is 0 Å². The fraction of sp³-hybridized carbons (Fsp3) is 0.763. The van der Waals surface area contributed by atoms with Crippen LogP contribution in [0.2, 0.25) is 0 Å². The molecule has 6 nitrogen and oxygen atoms in total. The third kappa shape index (κ3) is 4.06. The van der Waals surface area contributed by atoms with Gasteiger partial charge in [-0.3, -0.25) is 24.0 Å². The number of Topliss-reactive ketones (excluding diaryl/α,β-unsaturated/α-hetero) is 3. The lowest BCUT2D eigenvalue weighted by Crippen LogP contribution is -2.57. The van der Waals surface area contributed by atoms with Gasteiger partial charge in [0.2, 0.25) is 5.78 Å². The van der Waals surface area contributed by atoms with Crippen molar-refractivity contribution in [2.45, 2.75) is 118 Å². The zero-order chi connectivity index (χ0) is 31.4. The van der Waals surface area contributed by atoms with Crippen molar-refractivity contribution in [3.8, 4) is 0 Å². The van der Waals surface area contributed by atoms with E-state index in [1.165, 1.54) is 31.8 Å². The summed E-state index contributed by atoms with van der Waals surface area (Å²) in [7, 11) is 0. The normalized spacial score (nSPS) is 49.3. The highest BCUT2D eigenvalue weighted by Gasteiger charge is 2.63. The number of carbonyl (C=O) groups excluding carboxylic acids is 5. The average molecular weight is 603 g/mol. The van der Waals surface area contributed by atoms with Gasteiger partial charge in [-0.15, -0.1) is 0 Å². The molecule has 8 aliphatic rings. The minimum atomic E-state index is -0.664. The minimum absolute atomic E-state index is 0.0298. The zero-order valence-corrected chi connectivity index (χ0v) is 27.1. The van der Waals surface area contributed by atoms with Crippen molar-refractivity contribution in [2.75, 3.05) is 0 Å². The van der Waals surface area contributed by atoms with Gasteiger partial charge in [0.05, 0.1) is 0 Å². The molecule has 0 amide bonds. The van der Waals surface area contributed by atoms with Crippen LogP contribution in [-0.2, 0) is 24.0 Å². The summed E-state index contributed by atoms with van der Waals surface area (Å²) < 4.78 is 0. The molecule has 44 heavy (non-hydrogen) atoms. The SMILES string of the molecule is C[C@@]12CCC[C@H]1[C@@H]1CCC3C(=O)C=C(O)C(=O)[C@]3(C)[C@H]1CC2.C[C@]12CCC(=O)C=C1C(=O)C[C@@H]1[C@@H]2CC[C@]2(C)C(=O)CC[C@@H]12. The molecule has 6 heteroatoms. The number of rotatable bonds is 0. The number of ketones is 5. The van der Waals surface area contributed by atoms with Crippen LogP contribution in [0.4, 0.5) is 0 Å². The number of aliphatic hydroxyl groups is 1. The number of allylic oxidation sites excluding steroid dienone is 3. The van der Waals surface area contributed by atoms with Crippen LogP contribution in [-0.4, -0.2) is 34.0 Å². The molecule has 0 bridgehead atoms. The molecule has 0 spiro atoms. The van der Waals surface area contributed by atoms with Gasteiger partial charge in [-0.05, 0) is 117 Å². The molecule has 0 aromatic carbocycles. The number of hydrogen-bond donors (Lipinski definition) is 1. The lowest BCUT2D eigenvalue weighted by atomic mass is 9.45. The van der Waals surface area contributed by atoms with Crippen LogP contribution in [0.1, 0.15) is 118 Å². The highest BCUT2D eigenvalue weighted by molar-refractivity contribution is 6.11. The van der Waals surface area contributed by atoms with Gasteiger partial charge in [0.25, 0.3) is 0 Å². The Hall–Kier alpha value is -2.37. The van der Waals surface area contributed by atoms with Gasteiger partial charge in [-0.2, -0.15) is 0 Å². The maximum Gasteiger partial charge on any atom is 0.204 e. The molecule has 0 saturated heterocycles. The monoisotopic (exact) mass is 602 g/mol. The zero-order valence-electron chi connectivity index (χ0n) is 27.1. The van der Waals surface area contributed by atoms with Gasteiger partial charge in [-0.25, -0.2) is 0 Å². The van der Waals surface area contributed by atoms with E-state index in [0.717, 1.165) is 50.5 Å². The summed E-state index contributed by atoms with van der Waals surface area (Å²) in [5, 5.41) is 9.97. The Balaban J connectivity index is 0.000000142. The Morgan fingerprint density at radius 2 is 1.41 bits per heavy atom. The standard InChI is InChI=1S/C19H24O3.C19H26O3/c1-18-7-5-11(20)9-15(18)16(21)10-12-13-3-4-17(22)19(13,2)8-6-14(12)18;1-18-8-3-4-12(18)11-5-6-14-15(20)10-16(21)17(22)19(14,2)13(11)7-9-18/h9,12-14H,3-8,10H2,1-2H3;10-14,21H,3-9H2,1-2H3/t12-,13-,14-,18+,19-;11-,12-,13-,14?,18-,19+/m00/s1. The van der Waals surface area contributed by atoms with E-state index in [-0.39, 0.29) is 51.6 Å². The molecule has 0 radical (unpaired) electrons. The van der Waals surface area contributed by atoms with Crippen molar-refractivity contribution >= 4 is 28.9 Å². The third-order valence-electron chi connectivity index (χ3n) is 15.3. The Labute approximate surface area is 261 Å². The van der Waals surface area contributed by atoms with Crippen LogP contribution in [0.5, 0.6) is 0 Å². The largest absolute Gasteiger partial charge is 0.504 e. The first-order valence-corrected chi connectivity index (χ1v) is 17.5. The van der Waals surface area contributed by atoms with Gasteiger partial charge in [0, 0.05) is 47.7 Å². The molecule has 0 aromatic rings. The van der Waals surface area contributed by atoms with Crippen LogP contribution in [0.3, 0.4) is 0 Å². The van der Waals surface area contributed by atoms with E-state index < -0.39 is 5.41 Å². The van der Waals surface area contributed by atoms with E-state index in [0.29, 0.717) is 60.1 Å². The van der Waals surface area contributed by atoms with Gasteiger partial charge in [-0.1, -0.05) is 34.1 Å². The van der Waals surface area contributed by atoms with Crippen LogP contribution in [0.25, 0.3) is 0 Å². The predicted molar refractivity (Wildman–Crippen MR) is 165 cm³/mol. The molecule has 1 N–H and O–H groups in total. The number of carbonyl (C=O) groups is 5. The second-order valence-electron chi connectivity index (χ2n) is 17.0. The summed E-state index contributed by atoms with van der Waals surface area (Å²) in [5.74, 6) is 2.70. The first-order chi connectivity index (χ1) is 20.7. The molecular weight excluding hydrogens is 552 g/mol. The molecule has 6 fully saturated rings. The molecule has 1 unspecified atom stereocenters. The summed E-state index contributed by atoms with van der Waals surface area (Å²) >= 11 is 0. The highest BCUT2D eigenvalue weighted by Crippen LogP contribution is 2.66. The van der Waals surface area contributed by atoms with E-state index in [9.17, 15) is 29.1 Å². The quantitative estimate of drug-likeness (QED) is 0.317. The van der Waals surface area contributed by atoms with Crippen molar-refractivity contribution < 1.29 is 29.1 Å². The van der Waals surface area contributed by atoms with E-state index in [1.54, 1.807) is 6.08 Å². The second-order valence-corrected chi connectivity index (χ2v) is 17.0. The van der Waals surface area contributed by atoms with Crippen LogP contribution in [0, 0.1) is 63.1 Å². The Kier molecular flexibility index (Phi) is 6.93. The Bertz CT molecular complexity index is 1400. The molecular formula is C38H50O6. The van der Waals surface area contributed by atoms with Crippen molar-refractivity contribution in [2.24, 2.45) is 63.1 Å². The molecule has 8 rings (SSSR count). The summed E-state index contributed by atoms with van der Waals surface area (Å²) in [4.78, 5) is 62.0. The van der Waals surface area contributed by atoms with Crippen LogP contribution in [0.15, 0.2) is 23.5 Å². The summed E-state index contributed by atoms with van der Waals surface area (Å²) in [6.45, 7) is 8.72. The highest BCUT2D eigenvalue weighted by atomic mass is 16.3. The van der Waals surface area contributed by atoms with E-state index >= 15 is 0 Å². The molecule has 8 aliphatic carbocycles. The summed E-state index contributed by atoms with van der Waals surface area (Å²) in [5.41, 5.74) is 0.245. The first-order valence-electron chi connectivity index (χ1n) is 17.5. The minimum Gasteiger partial charge on any atom is -0.504 e. The molecule has 238 valence electrons. The number of aliphatic hydroxyl groups excluding tert-OH is 1. The molecule has 6 saturated carbocycles. The number of hydrogen-bond acceptors (Lipinski definition) is 6. The molecule has 0 aliphatic heterocycles. The van der Waals surface area contributed by atoms with Gasteiger partial charge in [0.1, 0.15) is 5.78 Å². The summed E-state index contributed by atoms with van der Waals surface area (Å²) in [6, 6.07) is 0. The van der Waals surface area contributed by atoms with Gasteiger partial charge < -0.3 is 5.11 Å². The smallest absolute Gasteiger partial charge is 0.204 e. The van der Waals surface area contributed by atoms with Crippen molar-refractivity contribution in [3.05, 3.63) is 23.5 Å². The lowest BCUT2D eigenvalue weighted by molar-refractivity contribution is -0.156. The maximum atomic E-state index is 12.8. The van der Waals surface area contributed by atoms with Crippen LogP contribution < -0.4 is 0 Å². The lowest BCUT2D eigenvalue weighted by Gasteiger charge is -2.57. The second kappa shape index (κ2) is 10.1. The molecule has 11 atom stereocenters. The van der Waals surface area contributed by atoms with Crippen LogP contribution >= 0.6 is 0 Å². The Morgan fingerprint density at radius 1 is 0.682 bits per heavy atom. The van der Waals surface area contributed by atoms with Crippen molar-refractivity contribution in [1.82, 2.24) is 0 Å². The van der Waals surface area contributed by atoms with Gasteiger partial charge in [0.15, 0.2) is 23.1 Å². The van der Waals surface area contributed by atoms with Crippen molar-refractivity contribution in [3.63, 3.8) is 0 Å². The third-order valence-corrected chi connectivity index (χ3v) is 15.3. The van der Waals surface area contributed by atoms with Gasteiger partial charge >= 0.3 is 0 Å². The molecule has 0 aromatic heterocycles. The first kappa shape index (κ1) is 30.3. The summed E-state index contributed by atoms with van der Waals surface area (Å²) in [6.07, 6.45) is 16.4. The fourth-order valence-electron chi connectivity index (χ4n) is 12.8. The predicted octanol–water partition coefficient (Wildman–Crippen LogP) is 7.10. The van der Waals surface area contributed by atoms with Crippen molar-refractivity contribution in [1.29, 1.82) is 0 Å². The fourth-order valence-corrected chi connectivity index (χ4v) is 12.8. The number of fused-ring (bicyclic) bond motifs is 10. The topological polar surface area (TPSA) is 106 Å². The van der Waals surface area contributed by atoms with E-state index in [1.807, 2.05) is 6.92 Å². The Morgan fingerprint density at radius 3 is 2.18 bits per heavy atom.